The zero-order chi connectivity index (χ0) is 5.98. The molecule has 5 nitrogen and oxygen atoms in total. The number of rotatable bonds is 1. The number of hydrogen-bond acceptors (Lipinski definition) is 4. The van der Waals surface area contributed by atoms with Crippen molar-refractivity contribution < 1.29 is 9.21 Å². The van der Waals surface area contributed by atoms with E-state index in [1.807, 2.05) is 0 Å². The summed E-state index contributed by atoms with van der Waals surface area (Å²) in [5.41, 5.74) is 0. The van der Waals surface area contributed by atoms with Crippen molar-refractivity contribution in [2.75, 3.05) is 0 Å². The molecule has 5 heteroatoms. The first-order valence-electron chi connectivity index (χ1n) is 1.82. The van der Waals surface area contributed by atoms with Crippen LogP contribution in [0.4, 0.5) is 0 Å². The molecule has 0 unspecified atom stereocenters. The van der Waals surface area contributed by atoms with E-state index < -0.39 is 5.76 Å². The fraction of sp³-hybridized carbons (Fsp3) is 0. The van der Waals surface area contributed by atoms with Crippen LogP contribution in [0, 0.1) is 0 Å². The molecule has 0 atom stereocenters. The van der Waals surface area contributed by atoms with Gasteiger partial charge in [0.1, 0.15) is 0 Å². The van der Waals surface area contributed by atoms with E-state index in [4.69, 9.17) is 0 Å². The largest absolute Gasteiger partial charge is 0.444 e. The van der Waals surface area contributed by atoms with E-state index >= 15 is 0 Å². The van der Waals surface area contributed by atoms with E-state index in [-0.39, 0.29) is 6.41 Å². The maximum Gasteiger partial charge on any atom is 0.444 e. The predicted octanol–water partition coefficient (Wildman–Crippen LogP) is -1.13. The number of hydrogen-bond donors (Lipinski definition) is 0. The van der Waals surface area contributed by atoms with Crippen LogP contribution in [0.1, 0.15) is 0 Å². The summed E-state index contributed by atoms with van der Waals surface area (Å²) in [6.07, 6.45) is 1.17. The van der Waals surface area contributed by atoms with E-state index in [2.05, 4.69) is 9.52 Å². The highest BCUT2D eigenvalue weighted by Crippen LogP contribution is 1.63. The Kier molecular flexibility index (Phi) is 0.957. The summed E-state index contributed by atoms with van der Waals surface area (Å²) in [4.78, 5) is 19.9. The lowest BCUT2D eigenvalue weighted by atomic mass is 11.2. The standard InChI is InChI=1S/C3H2N2O3/c6-2-5-3(7)8-1-4-5/h1-2H. The van der Waals surface area contributed by atoms with E-state index in [9.17, 15) is 9.59 Å². The second-order valence-corrected chi connectivity index (χ2v) is 1.05. The van der Waals surface area contributed by atoms with Crippen molar-refractivity contribution in [1.29, 1.82) is 0 Å². The molecule has 0 saturated heterocycles. The Labute approximate surface area is 43.5 Å². The topological polar surface area (TPSA) is 65.1 Å². The van der Waals surface area contributed by atoms with Gasteiger partial charge in [-0.3, -0.25) is 4.79 Å². The van der Waals surface area contributed by atoms with Gasteiger partial charge < -0.3 is 4.42 Å². The third-order valence-corrected chi connectivity index (χ3v) is 0.612. The van der Waals surface area contributed by atoms with Crippen molar-refractivity contribution >= 4 is 6.41 Å². The van der Waals surface area contributed by atoms with Crippen LogP contribution in [0.15, 0.2) is 15.6 Å². The van der Waals surface area contributed by atoms with Crippen molar-refractivity contribution in [2.45, 2.75) is 0 Å². The van der Waals surface area contributed by atoms with Crippen LogP contribution in [0.25, 0.3) is 0 Å². The molecule has 0 saturated carbocycles. The van der Waals surface area contributed by atoms with Crippen molar-refractivity contribution in [3.63, 3.8) is 0 Å². The van der Waals surface area contributed by atoms with Gasteiger partial charge in [0.2, 0.25) is 12.8 Å². The number of carbonyl (C=O) groups is 1. The molecule has 0 spiro atoms. The van der Waals surface area contributed by atoms with Gasteiger partial charge in [-0.1, -0.05) is 0 Å². The van der Waals surface area contributed by atoms with Gasteiger partial charge in [0, 0.05) is 0 Å². The summed E-state index contributed by atoms with van der Waals surface area (Å²) < 4.78 is 4.68. The predicted molar refractivity (Wildman–Crippen MR) is 22.9 cm³/mol. The van der Waals surface area contributed by atoms with E-state index in [1.54, 1.807) is 0 Å². The molecule has 1 aromatic rings. The smallest absolute Gasteiger partial charge is 0.395 e. The molecule has 0 aliphatic heterocycles. The first-order valence-corrected chi connectivity index (χ1v) is 1.82. The van der Waals surface area contributed by atoms with Gasteiger partial charge >= 0.3 is 5.76 Å². The summed E-state index contributed by atoms with van der Waals surface area (Å²) >= 11 is 0. The summed E-state index contributed by atoms with van der Waals surface area (Å²) in [6.45, 7) is 0. The van der Waals surface area contributed by atoms with E-state index in [0.717, 1.165) is 6.39 Å². The molecule has 0 amide bonds. The van der Waals surface area contributed by atoms with Gasteiger partial charge in [0.05, 0.1) is 0 Å². The van der Waals surface area contributed by atoms with Gasteiger partial charge in [-0.25, -0.2) is 4.79 Å². The lowest BCUT2D eigenvalue weighted by molar-refractivity contribution is 0.495. The van der Waals surface area contributed by atoms with Gasteiger partial charge in [-0.2, -0.15) is 0 Å². The zero-order valence-corrected chi connectivity index (χ0v) is 3.77. The molecule has 42 valence electrons. The minimum Gasteiger partial charge on any atom is -0.395 e. The average molecular weight is 114 g/mol. The first-order chi connectivity index (χ1) is 3.84. The van der Waals surface area contributed by atoms with Gasteiger partial charge in [0.15, 0.2) is 0 Å². The third-order valence-electron chi connectivity index (χ3n) is 0.612. The molecular weight excluding hydrogens is 112 g/mol. The highest BCUT2D eigenvalue weighted by atomic mass is 16.4. The summed E-state index contributed by atoms with van der Waals surface area (Å²) in [7, 11) is 0. The fourth-order valence-electron chi connectivity index (χ4n) is 0.291. The van der Waals surface area contributed by atoms with Crippen LogP contribution < -0.4 is 5.76 Å². The Bertz CT molecular complexity index is 235. The number of carbonyl (C=O) groups excluding carboxylic acids is 1. The van der Waals surface area contributed by atoms with Gasteiger partial charge in [-0.15, -0.1) is 9.78 Å². The maximum atomic E-state index is 10.2. The minimum atomic E-state index is -0.764. The fourth-order valence-corrected chi connectivity index (χ4v) is 0.291. The molecule has 0 aliphatic rings. The quantitative estimate of drug-likeness (QED) is 0.433. The monoisotopic (exact) mass is 114 g/mol. The molecule has 0 aromatic carbocycles. The highest BCUT2D eigenvalue weighted by molar-refractivity contribution is 5.48. The first kappa shape index (κ1) is 4.76. The summed E-state index contributed by atoms with van der Waals surface area (Å²) in [6, 6.07) is 0. The number of aromatic nitrogens is 2. The van der Waals surface area contributed by atoms with Crippen LogP contribution in [-0.4, -0.2) is 16.2 Å². The molecule has 1 heterocycles. The van der Waals surface area contributed by atoms with Crippen LogP contribution in [-0.2, 0) is 4.79 Å². The van der Waals surface area contributed by atoms with E-state index in [0.29, 0.717) is 4.68 Å². The van der Waals surface area contributed by atoms with Crippen molar-refractivity contribution in [2.24, 2.45) is 0 Å². The lowest BCUT2D eigenvalue weighted by Crippen LogP contribution is -2.14. The molecule has 1 rings (SSSR count). The molecule has 8 heavy (non-hydrogen) atoms. The summed E-state index contributed by atoms with van der Waals surface area (Å²) in [5.74, 6) is -0.764. The third kappa shape index (κ3) is 0.534. The average Bonchev–Trinajstić information content (AvgIpc) is 2.14. The Morgan fingerprint density at radius 2 is 2.62 bits per heavy atom. The Morgan fingerprint density at radius 3 is 2.88 bits per heavy atom. The highest BCUT2D eigenvalue weighted by Gasteiger charge is 1.92. The summed E-state index contributed by atoms with van der Waals surface area (Å²) in [5, 5.41) is 3.20. The second kappa shape index (κ2) is 1.61. The van der Waals surface area contributed by atoms with Crippen LogP contribution >= 0.6 is 0 Å². The van der Waals surface area contributed by atoms with Crippen LogP contribution in [0.3, 0.4) is 0 Å². The Morgan fingerprint density at radius 1 is 1.88 bits per heavy atom. The molecule has 0 aliphatic carbocycles. The SMILES string of the molecule is O=Cn1ncoc1=O. The minimum absolute atomic E-state index is 0.270. The van der Waals surface area contributed by atoms with Crippen molar-refractivity contribution in [1.82, 2.24) is 9.78 Å². The Hall–Kier alpha value is -1.39. The van der Waals surface area contributed by atoms with E-state index in [1.165, 1.54) is 0 Å². The molecule has 0 radical (unpaired) electrons. The Balaban J connectivity index is 3.30. The molecule has 1 aromatic heterocycles. The van der Waals surface area contributed by atoms with Gasteiger partial charge in [0.25, 0.3) is 0 Å². The maximum absolute atomic E-state index is 10.2. The molecular formula is C3H2N2O3. The zero-order valence-electron chi connectivity index (χ0n) is 3.77. The molecule has 0 bridgehead atoms. The normalized spacial score (nSPS) is 9.00. The number of nitrogens with zero attached hydrogens (tertiary/aromatic N) is 2. The second-order valence-electron chi connectivity index (χ2n) is 1.05. The van der Waals surface area contributed by atoms with Gasteiger partial charge in [-0.05, 0) is 0 Å². The van der Waals surface area contributed by atoms with Crippen LogP contribution in [0.5, 0.6) is 0 Å². The molecule has 0 fully saturated rings. The van der Waals surface area contributed by atoms with Crippen LogP contribution in [0.2, 0.25) is 0 Å². The molecule has 0 N–H and O–H groups in total. The van der Waals surface area contributed by atoms with Crippen molar-refractivity contribution in [3.05, 3.63) is 16.9 Å². The van der Waals surface area contributed by atoms with Crippen molar-refractivity contribution in [3.8, 4) is 0 Å². The lowest BCUT2D eigenvalue weighted by Gasteiger charge is -1.70.